The van der Waals surface area contributed by atoms with E-state index in [9.17, 15) is 10.1 Å². The molecule has 1 amide bonds. The van der Waals surface area contributed by atoms with Crippen LogP contribution in [0.3, 0.4) is 0 Å². The van der Waals surface area contributed by atoms with Crippen LogP contribution in [0.4, 0.5) is 0 Å². The summed E-state index contributed by atoms with van der Waals surface area (Å²) in [5.74, 6) is -0.331. The molecule has 0 aliphatic rings. The lowest BCUT2D eigenvalue weighted by molar-refractivity contribution is -0.117. The molecule has 25 heavy (non-hydrogen) atoms. The molecule has 0 heterocycles. The largest absolute Gasteiger partial charge is 0.381 e. The fourth-order valence-corrected chi connectivity index (χ4v) is 2.21. The van der Waals surface area contributed by atoms with E-state index in [0.717, 1.165) is 38.0 Å². The maximum absolute atomic E-state index is 12.1. The van der Waals surface area contributed by atoms with Crippen molar-refractivity contribution in [2.24, 2.45) is 0 Å². The third-order valence-corrected chi connectivity index (χ3v) is 3.70. The first-order valence-corrected chi connectivity index (χ1v) is 8.97. The molecule has 0 unspecified atom stereocenters. The second kappa shape index (κ2) is 13.0. The Hall–Kier alpha value is -2.32. The molecule has 0 bridgehead atoms. The van der Waals surface area contributed by atoms with Gasteiger partial charge in [-0.2, -0.15) is 5.26 Å². The first-order valence-electron chi connectivity index (χ1n) is 8.97. The fraction of sp³-hybridized carbons (Fsp3) is 0.500. The van der Waals surface area contributed by atoms with Gasteiger partial charge in [0.05, 0.1) is 0 Å². The van der Waals surface area contributed by atoms with Gasteiger partial charge >= 0.3 is 0 Å². The molecule has 0 spiro atoms. The van der Waals surface area contributed by atoms with Crippen LogP contribution in [0.2, 0.25) is 0 Å². The maximum Gasteiger partial charge on any atom is 0.263 e. The summed E-state index contributed by atoms with van der Waals surface area (Å²) in [4.78, 5) is 14.1. The number of carbonyl (C=O) groups excluding carboxylic acids is 1. The number of hydrogen-bond donors (Lipinski definition) is 1. The standard InChI is InChI=1S/C20H29N3O2/c1-3-5-13-25-14-9-12-22-20(24)19(15-21)17-23(4-2)16-18-10-7-6-8-11-18/h6-8,10-11,17H,3-5,9,12-14,16H2,1-2H3,(H,22,24)/b19-17-. The third kappa shape index (κ3) is 8.92. The van der Waals surface area contributed by atoms with E-state index in [1.807, 2.05) is 48.2 Å². The zero-order chi connectivity index (χ0) is 18.3. The Bertz CT molecular complexity index is 564. The van der Waals surface area contributed by atoms with E-state index >= 15 is 0 Å². The van der Waals surface area contributed by atoms with Crippen LogP contribution in [-0.2, 0) is 16.1 Å². The van der Waals surface area contributed by atoms with Gasteiger partial charge in [-0.3, -0.25) is 4.79 Å². The Morgan fingerprint density at radius 2 is 1.96 bits per heavy atom. The number of unbranched alkanes of at least 4 members (excludes halogenated alkanes) is 1. The minimum atomic E-state index is -0.331. The summed E-state index contributed by atoms with van der Waals surface area (Å²) in [5.41, 5.74) is 1.27. The van der Waals surface area contributed by atoms with Crippen molar-refractivity contribution < 1.29 is 9.53 Å². The topological polar surface area (TPSA) is 65.4 Å². The number of hydrogen-bond acceptors (Lipinski definition) is 4. The van der Waals surface area contributed by atoms with Crippen molar-refractivity contribution in [1.82, 2.24) is 10.2 Å². The van der Waals surface area contributed by atoms with Gasteiger partial charge in [0, 0.05) is 39.0 Å². The van der Waals surface area contributed by atoms with Crippen molar-refractivity contribution in [2.45, 2.75) is 39.7 Å². The second-order valence-electron chi connectivity index (χ2n) is 5.78. The lowest BCUT2D eigenvalue weighted by Gasteiger charge is -2.19. The summed E-state index contributed by atoms with van der Waals surface area (Å²) in [6.07, 6.45) is 4.56. The second-order valence-corrected chi connectivity index (χ2v) is 5.78. The van der Waals surface area contributed by atoms with Gasteiger partial charge in [0.15, 0.2) is 0 Å². The van der Waals surface area contributed by atoms with E-state index in [2.05, 4.69) is 12.2 Å². The summed E-state index contributed by atoms with van der Waals surface area (Å²) in [7, 11) is 0. The Balaban J connectivity index is 2.44. The highest BCUT2D eigenvalue weighted by Gasteiger charge is 2.10. The van der Waals surface area contributed by atoms with E-state index in [4.69, 9.17) is 4.74 Å². The summed E-state index contributed by atoms with van der Waals surface area (Å²) in [6.45, 7) is 7.41. The van der Waals surface area contributed by atoms with Crippen LogP contribution >= 0.6 is 0 Å². The Kier molecular flexibility index (Phi) is 10.8. The number of amides is 1. The first kappa shape index (κ1) is 20.7. The number of nitriles is 1. The minimum Gasteiger partial charge on any atom is -0.381 e. The molecule has 5 nitrogen and oxygen atoms in total. The van der Waals surface area contributed by atoms with Crippen LogP contribution in [0.5, 0.6) is 0 Å². The van der Waals surface area contributed by atoms with Crippen LogP contribution < -0.4 is 5.32 Å². The molecule has 0 radical (unpaired) electrons. The van der Waals surface area contributed by atoms with Crippen molar-refractivity contribution >= 4 is 5.91 Å². The summed E-state index contributed by atoms with van der Waals surface area (Å²) in [5, 5.41) is 12.1. The molecule has 1 rings (SSSR count). The molecule has 0 aliphatic carbocycles. The SMILES string of the molecule is CCCCOCCCNC(=O)/C(C#N)=C\N(CC)Cc1ccccc1. The van der Waals surface area contributed by atoms with Crippen LogP contribution in [0.1, 0.15) is 38.7 Å². The Morgan fingerprint density at radius 1 is 1.24 bits per heavy atom. The van der Waals surface area contributed by atoms with Gasteiger partial charge in [0.1, 0.15) is 11.6 Å². The van der Waals surface area contributed by atoms with E-state index in [1.165, 1.54) is 0 Å². The molecule has 0 aromatic heterocycles. The van der Waals surface area contributed by atoms with Crippen molar-refractivity contribution in [1.29, 1.82) is 5.26 Å². The Morgan fingerprint density at radius 3 is 2.60 bits per heavy atom. The monoisotopic (exact) mass is 343 g/mol. The van der Waals surface area contributed by atoms with E-state index in [1.54, 1.807) is 6.20 Å². The molecule has 0 saturated carbocycles. The number of nitrogens with one attached hydrogen (secondary N) is 1. The van der Waals surface area contributed by atoms with E-state index in [-0.39, 0.29) is 11.5 Å². The number of carbonyl (C=O) groups is 1. The highest BCUT2D eigenvalue weighted by molar-refractivity contribution is 5.97. The predicted molar refractivity (Wildman–Crippen MR) is 99.6 cm³/mol. The normalized spacial score (nSPS) is 11.0. The number of rotatable bonds is 12. The van der Waals surface area contributed by atoms with E-state index < -0.39 is 0 Å². The number of nitrogens with zero attached hydrogens (tertiary/aromatic N) is 2. The van der Waals surface area contributed by atoms with Gasteiger partial charge in [0.25, 0.3) is 5.91 Å². The molecule has 5 heteroatoms. The lowest BCUT2D eigenvalue weighted by atomic mass is 10.2. The molecule has 136 valence electrons. The maximum atomic E-state index is 12.1. The van der Waals surface area contributed by atoms with Gasteiger partial charge in [0.2, 0.25) is 0 Å². The molecule has 1 aromatic carbocycles. The average molecular weight is 343 g/mol. The van der Waals surface area contributed by atoms with Crippen LogP contribution in [-0.4, -0.2) is 37.1 Å². The molecular weight excluding hydrogens is 314 g/mol. The lowest BCUT2D eigenvalue weighted by Crippen LogP contribution is -2.28. The van der Waals surface area contributed by atoms with Crippen LogP contribution in [0, 0.1) is 11.3 Å². The average Bonchev–Trinajstić information content (AvgIpc) is 2.65. The summed E-state index contributed by atoms with van der Waals surface area (Å²) < 4.78 is 5.45. The Labute approximate surface area is 151 Å². The molecule has 0 aliphatic heterocycles. The van der Waals surface area contributed by atoms with Crippen LogP contribution in [0.15, 0.2) is 42.1 Å². The first-order chi connectivity index (χ1) is 12.2. The molecular formula is C20H29N3O2. The summed E-state index contributed by atoms with van der Waals surface area (Å²) >= 11 is 0. The quantitative estimate of drug-likeness (QED) is 0.359. The molecule has 0 saturated heterocycles. The smallest absolute Gasteiger partial charge is 0.263 e. The number of benzene rings is 1. The summed E-state index contributed by atoms with van der Waals surface area (Å²) in [6, 6.07) is 12.0. The molecule has 1 N–H and O–H groups in total. The van der Waals surface area contributed by atoms with Crippen molar-refractivity contribution in [3.63, 3.8) is 0 Å². The molecule has 1 aromatic rings. The zero-order valence-corrected chi connectivity index (χ0v) is 15.3. The van der Waals surface area contributed by atoms with Crippen molar-refractivity contribution in [2.75, 3.05) is 26.3 Å². The fourth-order valence-electron chi connectivity index (χ4n) is 2.21. The molecule has 0 fully saturated rings. The van der Waals surface area contributed by atoms with Gasteiger partial charge in [-0.15, -0.1) is 0 Å². The van der Waals surface area contributed by atoms with Gasteiger partial charge in [-0.05, 0) is 25.3 Å². The van der Waals surface area contributed by atoms with E-state index in [0.29, 0.717) is 19.7 Å². The van der Waals surface area contributed by atoms with Crippen molar-refractivity contribution in [3.05, 3.63) is 47.7 Å². The van der Waals surface area contributed by atoms with Crippen LogP contribution in [0.25, 0.3) is 0 Å². The third-order valence-electron chi connectivity index (χ3n) is 3.70. The highest BCUT2D eigenvalue weighted by atomic mass is 16.5. The minimum absolute atomic E-state index is 0.129. The number of ether oxygens (including phenoxy) is 1. The molecule has 0 atom stereocenters. The van der Waals surface area contributed by atoms with Gasteiger partial charge in [-0.1, -0.05) is 43.7 Å². The van der Waals surface area contributed by atoms with Crippen molar-refractivity contribution in [3.8, 4) is 6.07 Å². The van der Waals surface area contributed by atoms with Gasteiger partial charge in [-0.25, -0.2) is 0 Å². The predicted octanol–water partition coefficient (Wildman–Crippen LogP) is 3.24. The van der Waals surface area contributed by atoms with Gasteiger partial charge < -0.3 is 15.0 Å². The zero-order valence-electron chi connectivity index (χ0n) is 15.3. The highest BCUT2D eigenvalue weighted by Crippen LogP contribution is 2.07.